The normalized spacial score (nSPS) is 11.4. The topological polar surface area (TPSA) is 79.5 Å². The van der Waals surface area contributed by atoms with Gasteiger partial charge in [-0.15, -0.1) is 11.3 Å². The number of anilines is 1. The molecule has 0 unspecified atom stereocenters. The molecule has 0 aliphatic rings. The molecule has 2 amide bonds. The summed E-state index contributed by atoms with van der Waals surface area (Å²) in [6.45, 7) is 5.72. The van der Waals surface area contributed by atoms with E-state index < -0.39 is 11.4 Å². The minimum absolute atomic E-state index is 0.101. The minimum Gasteiger partial charge on any atom is -0.495 e. The fourth-order valence-corrected chi connectivity index (χ4v) is 6.12. The zero-order valence-electron chi connectivity index (χ0n) is 19.9. The molecular formula is C26H23BrClN3O3S2. The molecule has 6 nitrogen and oxygen atoms in total. The predicted molar refractivity (Wildman–Crippen MR) is 156 cm³/mol. The SMILES string of the molecule is COc1c(C(=O)NC(=S)Nc2cccc3c(Cl)c(C(=O)NC(C)(C)C)sc23)cc2ccccc2c1Br. The van der Waals surface area contributed by atoms with Crippen LogP contribution < -0.4 is 20.7 Å². The van der Waals surface area contributed by atoms with Gasteiger partial charge in [-0.25, -0.2) is 0 Å². The first-order valence-corrected chi connectivity index (χ1v) is 13.3. The third-order valence-corrected chi connectivity index (χ3v) is 7.95. The molecule has 4 aromatic rings. The summed E-state index contributed by atoms with van der Waals surface area (Å²) in [5, 5.41) is 11.7. The molecule has 3 N–H and O–H groups in total. The number of hydrogen-bond acceptors (Lipinski definition) is 5. The Hall–Kier alpha value is -2.72. The Labute approximate surface area is 231 Å². The Balaban J connectivity index is 1.60. The maximum Gasteiger partial charge on any atom is 0.263 e. The quantitative estimate of drug-likeness (QED) is 0.216. The van der Waals surface area contributed by atoms with Crippen LogP contribution in [0, 0.1) is 0 Å². The molecule has 3 aromatic carbocycles. The Morgan fingerprint density at radius 1 is 1.06 bits per heavy atom. The molecule has 0 atom stereocenters. The van der Waals surface area contributed by atoms with Gasteiger partial charge in [0.2, 0.25) is 0 Å². The Morgan fingerprint density at radius 2 is 1.75 bits per heavy atom. The van der Waals surface area contributed by atoms with Crippen LogP contribution in [-0.4, -0.2) is 29.6 Å². The molecule has 10 heteroatoms. The van der Waals surface area contributed by atoms with Gasteiger partial charge in [-0.1, -0.05) is 48.0 Å². The highest BCUT2D eigenvalue weighted by Crippen LogP contribution is 2.40. The molecule has 0 bridgehead atoms. The molecule has 0 aliphatic carbocycles. The number of carbonyl (C=O) groups excluding carboxylic acids is 2. The zero-order valence-corrected chi connectivity index (χ0v) is 23.9. The van der Waals surface area contributed by atoms with E-state index in [0.29, 0.717) is 31.4 Å². The maximum absolute atomic E-state index is 13.2. The van der Waals surface area contributed by atoms with Crippen LogP contribution >= 0.6 is 51.1 Å². The van der Waals surface area contributed by atoms with Gasteiger partial charge in [-0.3, -0.25) is 14.9 Å². The van der Waals surface area contributed by atoms with Gasteiger partial charge in [0, 0.05) is 10.9 Å². The lowest BCUT2D eigenvalue weighted by atomic mass is 10.1. The molecule has 36 heavy (non-hydrogen) atoms. The molecule has 0 saturated heterocycles. The molecule has 0 saturated carbocycles. The van der Waals surface area contributed by atoms with E-state index in [1.807, 2.05) is 63.2 Å². The van der Waals surface area contributed by atoms with Gasteiger partial charge in [0.25, 0.3) is 11.8 Å². The molecule has 0 fully saturated rings. The average Bonchev–Trinajstić information content (AvgIpc) is 3.15. The Kier molecular flexibility index (Phi) is 7.56. The van der Waals surface area contributed by atoms with Crippen molar-refractivity contribution in [3.63, 3.8) is 0 Å². The predicted octanol–water partition coefficient (Wildman–Crippen LogP) is 7.13. The van der Waals surface area contributed by atoms with Crippen LogP contribution in [0.25, 0.3) is 20.9 Å². The zero-order chi connectivity index (χ0) is 26.2. The van der Waals surface area contributed by atoms with Crippen molar-refractivity contribution < 1.29 is 14.3 Å². The molecule has 0 aliphatic heterocycles. The molecule has 1 heterocycles. The summed E-state index contributed by atoms with van der Waals surface area (Å²) in [6.07, 6.45) is 0. The summed E-state index contributed by atoms with van der Waals surface area (Å²) in [5.41, 5.74) is 0.569. The number of rotatable bonds is 4. The lowest BCUT2D eigenvalue weighted by Crippen LogP contribution is -2.40. The van der Waals surface area contributed by atoms with Crippen LogP contribution in [-0.2, 0) is 0 Å². The summed E-state index contributed by atoms with van der Waals surface area (Å²) in [5.74, 6) is -0.252. The minimum atomic E-state index is -0.419. The number of thiophene rings is 1. The van der Waals surface area contributed by atoms with Crippen molar-refractivity contribution in [2.45, 2.75) is 26.3 Å². The molecule has 0 radical (unpaired) electrons. The van der Waals surface area contributed by atoms with Crippen LogP contribution in [0.1, 0.15) is 40.8 Å². The van der Waals surface area contributed by atoms with Crippen molar-refractivity contribution in [2.75, 3.05) is 12.4 Å². The van der Waals surface area contributed by atoms with Crippen molar-refractivity contribution in [1.29, 1.82) is 0 Å². The summed E-state index contributed by atoms with van der Waals surface area (Å²) in [7, 11) is 1.51. The number of fused-ring (bicyclic) bond motifs is 2. The summed E-state index contributed by atoms with van der Waals surface area (Å²) in [6, 6.07) is 14.9. The van der Waals surface area contributed by atoms with Crippen molar-refractivity contribution in [3.05, 3.63) is 68.5 Å². The highest BCUT2D eigenvalue weighted by Gasteiger charge is 2.23. The molecule has 1 aromatic heterocycles. The first-order chi connectivity index (χ1) is 17.0. The van der Waals surface area contributed by atoms with E-state index in [0.717, 1.165) is 20.9 Å². The smallest absolute Gasteiger partial charge is 0.263 e. The molecule has 186 valence electrons. The van der Waals surface area contributed by atoms with Gasteiger partial charge >= 0.3 is 0 Å². The van der Waals surface area contributed by atoms with Gasteiger partial charge in [-0.05, 0) is 71.8 Å². The third kappa shape index (κ3) is 5.34. The molecular weight excluding hydrogens is 582 g/mol. The van der Waals surface area contributed by atoms with Crippen LogP contribution in [0.4, 0.5) is 5.69 Å². The first-order valence-electron chi connectivity index (χ1n) is 10.9. The number of halogens is 2. The number of thiocarbonyl (C=S) groups is 1. The van der Waals surface area contributed by atoms with E-state index in [1.165, 1.54) is 18.4 Å². The Bertz CT molecular complexity index is 1530. The second kappa shape index (κ2) is 10.3. The van der Waals surface area contributed by atoms with Crippen molar-refractivity contribution >= 4 is 94.6 Å². The number of benzene rings is 3. The largest absolute Gasteiger partial charge is 0.495 e. The Morgan fingerprint density at radius 3 is 2.44 bits per heavy atom. The second-order valence-electron chi connectivity index (χ2n) is 9.03. The van der Waals surface area contributed by atoms with E-state index in [2.05, 4.69) is 31.9 Å². The van der Waals surface area contributed by atoms with E-state index in [-0.39, 0.29) is 11.0 Å². The monoisotopic (exact) mass is 603 g/mol. The maximum atomic E-state index is 13.2. The number of methoxy groups -OCH3 is 1. The van der Waals surface area contributed by atoms with Crippen LogP contribution in [0.5, 0.6) is 5.75 Å². The van der Waals surface area contributed by atoms with Crippen molar-refractivity contribution in [3.8, 4) is 5.75 Å². The number of hydrogen-bond donors (Lipinski definition) is 3. The molecule has 0 spiro atoms. The van der Waals surface area contributed by atoms with Gasteiger partial charge in [0.1, 0.15) is 10.6 Å². The number of ether oxygens (including phenoxy) is 1. The van der Waals surface area contributed by atoms with E-state index in [4.69, 9.17) is 28.6 Å². The average molecular weight is 605 g/mol. The fourth-order valence-electron chi connectivity index (χ4n) is 3.71. The number of nitrogens with one attached hydrogen (secondary N) is 3. The summed E-state index contributed by atoms with van der Waals surface area (Å²) < 4.78 is 6.95. The summed E-state index contributed by atoms with van der Waals surface area (Å²) >= 11 is 16.8. The van der Waals surface area contributed by atoms with E-state index in [1.54, 1.807) is 6.07 Å². The second-order valence-corrected chi connectivity index (χ2v) is 11.6. The van der Waals surface area contributed by atoms with Crippen molar-refractivity contribution in [2.24, 2.45) is 0 Å². The van der Waals surface area contributed by atoms with Crippen molar-refractivity contribution in [1.82, 2.24) is 10.6 Å². The van der Waals surface area contributed by atoms with Gasteiger partial charge < -0.3 is 15.4 Å². The van der Waals surface area contributed by atoms with E-state index in [9.17, 15) is 9.59 Å². The molecule has 4 rings (SSSR count). The van der Waals surface area contributed by atoms with E-state index >= 15 is 0 Å². The standard InChI is InChI=1S/C26H23BrClN3O3S2/c1-26(2,3)31-24(33)22-19(28)15-10-7-11-17(21(15)36-22)29-25(35)30-23(32)16-12-13-8-5-6-9-14(13)18(27)20(16)34-4/h5-12H,1-4H3,(H,31,33)(H2,29,30,32,35). The lowest BCUT2D eigenvalue weighted by Gasteiger charge is -2.19. The summed E-state index contributed by atoms with van der Waals surface area (Å²) in [4.78, 5) is 26.3. The number of amides is 2. The van der Waals surface area contributed by atoms with Gasteiger partial charge in [0.05, 0.1) is 32.6 Å². The highest BCUT2D eigenvalue weighted by molar-refractivity contribution is 9.10. The first kappa shape index (κ1) is 26.3. The van der Waals surface area contributed by atoms with Gasteiger partial charge in [0.15, 0.2) is 5.11 Å². The highest BCUT2D eigenvalue weighted by atomic mass is 79.9. The third-order valence-electron chi connectivity index (χ3n) is 5.21. The number of carbonyl (C=O) groups is 2. The van der Waals surface area contributed by atoms with Gasteiger partial charge in [-0.2, -0.15) is 0 Å². The van der Waals surface area contributed by atoms with Crippen LogP contribution in [0.15, 0.2) is 53.0 Å². The lowest BCUT2D eigenvalue weighted by molar-refractivity contribution is 0.0922. The van der Waals surface area contributed by atoms with Crippen LogP contribution in [0.3, 0.4) is 0 Å². The van der Waals surface area contributed by atoms with Crippen LogP contribution in [0.2, 0.25) is 5.02 Å². The fraction of sp³-hybridized carbons (Fsp3) is 0.192.